The van der Waals surface area contributed by atoms with E-state index in [0.29, 0.717) is 26.1 Å². The number of urea groups is 1. The lowest BCUT2D eigenvalue weighted by Crippen LogP contribution is -2.42. The average molecular weight is 351 g/mol. The maximum atomic E-state index is 12.4. The number of hydrogen-bond acceptors (Lipinski definition) is 3. The summed E-state index contributed by atoms with van der Waals surface area (Å²) in [5, 5.41) is 12.6. The van der Waals surface area contributed by atoms with E-state index in [1.165, 1.54) is 25.9 Å². The van der Waals surface area contributed by atoms with E-state index in [4.69, 9.17) is 0 Å². The molecule has 2 saturated heterocycles. The summed E-state index contributed by atoms with van der Waals surface area (Å²) >= 11 is 0. The minimum Gasteiger partial charge on any atom is -0.481 e. The summed E-state index contributed by atoms with van der Waals surface area (Å²) in [7, 11) is 0. The first-order chi connectivity index (χ1) is 12.0. The van der Waals surface area contributed by atoms with Crippen molar-refractivity contribution in [2.24, 2.45) is 17.3 Å². The molecule has 2 amide bonds. The highest BCUT2D eigenvalue weighted by Crippen LogP contribution is 2.48. The van der Waals surface area contributed by atoms with Crippen LogP contribution in [0.15, 0.2) is 0 Å². The second-order valence-corrected chi connectivity index (χ2v) is 8.42. The highest BCUT2D eigenvalue weighted by atomic mass is 16.4. The Labute approximate surface area is 150 Å². The predicted octanol–water partition coefficient (Wildman–Crippen LogP) is 2.39. The minimum atomic E-state index is -0.721. The molecular formula is C19H33N3O3. The van der Waals surface area contributed by atoms with Gasteiger partial charge in [-0.15, -0.1) is 0 Å². The zero-order valence-corrected chi connectivity index (χ0v) is 15.5. The van der Waals surface area contributed by atoms with Crippen LogP contribution in [0, 0.1) is 17.3 Å². The normalized spacial score (nSPS) is 32.6. The van der Waals surface area contributed by atoms with Gasteiger partial charge in [0.15, 0.2) is 0 Å². The zero-order valence-electron chi connectivity index (χ0n) is 15.5. The van der Waals surface area contributed by atoms with Crippen LogP contribution in [0.5, 0.6) is 0 Å². The summed E-state index contributed by atoms with van der Waals surface area (Å²) in [5.41, 5.74) is -0.678. The van der Waals surface area contributed by atoms with Crippen LogP contribution in [0.25, 0.3) is 0 Å². The van der Waals surface area contributed by atoms with Gasteiger partial charge < -0.3 is 20.2 Å². The molecule has 2 aliphatic heterocycles. The van der Waals surface area contributed by atoms with Crippen LogP contribution < -0.4 is 5.32 Å². The summed E-state index contributed by atoms with van der Waals surface area (Å²) in [6.45, 7) is 7.52. The van der Waals surface area contributed by atoms with Gasteiger partial charge in [-0.3, -0.25) is 4.79 Å². The van der Waals surface area contributed by atoms with Gasteiger partial charge in [0, 0.05) is 26.2 Å². The lowest BCUT2D eigenvalue weighted by molar-refractivity contribution is -0.149. The Bertz CT molecular complexity index is 498. The quantitative estimate of drug-likeness (QED) is 0.721. The van der Waals surface area contributed by atoms with Crippen molar-refractivity contribution < 1.29 is 14.7 Å². The molecule has 6 heteroatoms. The van der Waals surface area contributed by atoms with E-state index < -0.39 is 11.4 Å². The van der Waals surface area contributed by atoms with Crippen LogP contribution in [0.3, 0.4) is 0 Å². The van der Waals surface area contributed by atoms with Crippen molar-refractivity contribution >= 4 is 12.0 Å². The molecule has 1 aliphatic carbocycles. The first-order valence-corrected chi connectivity index (χ1v) is 10.00. The fourth-order valence-corrected chi connectivity index (χ4v) is 5.05. The third-order valence-electron chi connectivity index (χ3n) is 6.50. The molecule has 2 N–H and O–H groups in total. The highest BCUT2D eigenvalue weighted by molar-refractivity contribution is 5.80. The van der Waals surface area contributed by atoms with Crippen LogP contribution in [0.1, 0.15) is 51.9 Å². The third kappa shape index (κ3) is 4.10. The largest absolute Gasteiger partial charge is 0.481 e. The van der Waals surface area contributed by atoms with Crippen LogP contribution in [-0.4, -0.2) is 66.2 Å². The van der Waals surface area contributed by atoms with Gasteiger partial charge in [-0.25, -0.2) is 4.79 Å². The fourth-order valence-electron chi connectivity index (χ4n) is 5.05. The number of aliphatic carboxylic acids is 1. The van der Waals surface area contributed by atoms with Crippen LogP contribution in [-0.2, 0) is 4.79 Å². The number of unbranched alkanes of at least 4 members (excludes halogenated alkanes) is 1. The van der Waals surface area contributed by atoms with E-state index in [2.05, 4.69) is 17.1 Å². The number of carbonyl (C=O) groups is 2. The van der Waals surface area contributed by atoms with Crippen LogP contribution in [0.4, 0.5) is 4.79 Å². The Hall–Kier alpha value is -1.30. The second-order valence-electron chi connectivity index (χ2n) is 8.42. The molecule has 25 heavy (non-hydrogen) atoms. The van der Waals surface area contributed by atoms with Gasteiger partial charge in [0.1, 0.15) is 0 Å². The van der Waals surface area contributed by atoms with Gasteiger partial charge in [0.25, 0.3) is 0 Å². The lowest BCUT2D eigenvalue weighted by atomic mass is 9.81. The number of nitrogens with one attached hydrogen (secondary N) is 1. The molecule has 3 aliphatic rings. The van der Waals surface area contributed by atoms with E-state index in [9.17, 15) is 14.7 Å². The number of carboxylic acids is 1. The molecular weight excluding hydrogens is 318 g/mol. The van der Waals surface area contributed by atoms with Gasteiger partial charge in [0.2, 0.25) is 0 Å². The molecule has 0 bridgehead atoms. The summed E-state index contributed by atoms with van der Waals surface area (Å²) in [6.07, 6.45) is 7.37. The third-order valence-corrected chi connectivity index (χ3v) is 6.50. The molecule has 1 saturated carbocycles. The standard InChI is InChI=1S/C19H33N3O3/c1-15-6-5-11-21(12-15)10-3-2-9-20-18(25)22-13-16-7-4-8-19(16,14-22)17(23)24/h15-16H,2-14H2,1H3,(H,20,25)(H,23,24)/t15?,16-,19+/m0/s1. The molecule has 0 aromatic carbocycles. The Balaban J connectivity index is 1.34. The summed E-state index contributed by atoms with van der Waals surface area (Å²) in [4.78, 5) is 28.3. The number of fused-ring (bicyclic) bond motifs is 1. The molecule has 0 aromatic rings. The molecule has 0 spiro atoms. The smallest absolute Gasteiger partial charge is 0.317 e. The van der Waals surface area contributed by atoms with E-state index >= 15 is 0 Å². The fraction of sp³-hybridized carbons (Fsp3) is 0.895. The Kier molecular flexibility index (Phi) is 5.87. The number of carbonyl (C=O) groups excluding carboxylic acids is 1. The summed E-state index contributed by atoms with van der Waals surface area (Å²) in [5.74, 6) is 0.225. The van der Waals surface area contributed by atoms with E-state index in [-0.39, 0.29) is 11.9 Å². The number of amides is 2. The van der Waals surface area contributed by atoms with E-state index in [0.717, 1.165) is 38.1 Å². The van der Waals surface area contributed by atoms with Crippen molar-refractivity contribution in [3.8, 4) is 0 Å². The summed E-state index contributed by atoms with van der Waals surface area (Å²) < 4.78 is 0. The number of carboxylic acid groups (broad SMARTS) is 1. The van der Waals surface area contributed by atoms with Crippen molar-refractivity contribution in [3.05, 3.63) is 0 Å². The van der Waals surface area contributed by atoms with Gasteiger partial charge in [-0.1, -0.05) is 13.3 Å². The predicted molar refractivity (Wildman–Crippen MR) is 96.5 cm³/mol. The van der Waals surface area contributed by atoms with E-state index in [1.807, 2.05) is 0 Å². The average Bonchev–Trinajstić information content (AvgIpc) is 3.12. The molecule has 3 fully saturated rings. The molecule has 2 heterocycles. The number of rotatable bonds is 6. The molecule has 3 atom stereocenters. The Morgan fingerprint density at radius 1 is 1.20 bits per heavy atom. The maximum absolute atomic E-state index is 12.4. The molecule has 1 unspecified atom stereocenters. The monoisotopic (exact) mass is 351 g/mol. The van der Waals surface area contributed by atoms with Gasteiger partial charge in [-0.2, -0.15) is 0 Å². The van der Waals surface area contributed by atoms with Gasteiger partial charge in [-0.05, 0) is 63.5 Å². The van der Waals surface area contributed by atoms with Gasteiger partial charge >= 0.3 is 12.0 Å². The highest BCUT2D eigenvalue weighted by Gasteiger charge is 2.55. The van der Waals surface area contributed by atoms with Crippen molar-refractivity contribution in [3.63, 3.8) is 0 Å². The van der Waals surface area contributed by atoms with Crippen molar-refractivity contribution in [1.29, 1.82) is 0 Å². The SMILES string of the molecule is CC1CCCN(CCCCNC(=O)N2C[C@@H]3CCC[C@@]3(C(=O)O)C2)C1. The van der Waals surface area contributed by atoms with Gasteiger partial charge in [0.05, 0.1) is 5.41 Å². The zero-order chi connectivity index (χ0) is 17.9. The van der Waals surface area contributed by atoms with Crippen LogP contribution >= 0.6 is 0 Å². The van der Waals surface area contributed by atoms with Crippen LogP contribution in [0.2, 0.25) is 0 Å². The summed E-state index contributed by atoms with van der Waals surface area (Å²) in [6, 6.07) is -0.0818. The number of hydrogen-bond donors (Lipinski definition) is 2. The first-order valence-electron chi connectivity index (χ1n) is 10.00. The Morgan fingerprint density at radius 2 is 2.04 bits per heavy atom. The minimum absolute atomic E-state index is 0.0818. The van der Waals surface area contributed by atoms with E-state index in [1.54, 1.807) is 4.90 Å². The number of nitrogens with zero attached hydrogens (tertiary/aromatic N) is 2. The molecule has 0 aromatic heterocycles. The van der Waals surface area contributed by atoms with Crippen molar-refractivity contribution in [2.75, 3.05) is 39.3 Å². The Morgan fingerprint density at radius 3 is 2.76 bits per heavy atom. The first kappa shape index (κ1) is 18.5. The number of likely N-dealkylation sites (tertiary alicyclic amines) is 2. The molecule has 0 radical (unpaired) electrons. The van der Waals surface area contributed by atoms with Crippen molar-refractivity contribution in [1.82, 2.24) is 15.1 Å². The van der Waals surface area contributed by atoms with Crippen molar-refractivity contribution in [2.45, 2.75) is 51.9 Å². The second kappa shape index (κ2) is 7.94. The molecule has 3 rings (SSSR count). The lowest BCUT2D eigenvalue weighted by Gasteiger charge is -2.30. The maximum Gasteiger partial charge on any atom is 0.317 e. The topological polar surface area (TPSA) is 72.9 Å². The number of piperidine rings is 1. The molecule has 142 valence electrons. The molecule has 6 nitrogen and oxygen atoms in total.